The number of hydrogen-bond acceptors (Lipinski definition) is 4. The van der Waals surface area contributed by atoms with E-state index in [4.69, 9.17) is 4.74 Å². The molecule has 1 atom stereocenters. The van der Waals surface area contributed by atoms with Crippen LogP contribution in [0.1, 0.15) is 55.8 Å². The fourth-order valence-electron chi connectivity index (χ4n) is 4.79. The maximum Gasteiger partial charge on any atom is 0.416 e. The molecule has 0 aromatic heterocycles. The molecule has 0 saturated heterocycles. The summed E-state index contributed by atoms with van der Waals surface area (Å²) in [6, 6.07) is 16.7. The lowest BCUT2D eigenvalue weighted by atomic mass is 9.83. The van der Waals surface area contributed by atoms with E-state index in [1.54, 1.807) is 19.1 Å². The Balaban J connectivity index is 1.70. The minimum atomic E-state index is -4.69. The number of hydrogen-bond donors (Lipinski definition) is 1. The molecule has 1 aliphatic heterocycles. The Morgan fingerprint density at radius 1 is 1.03 bits per heavy atom. The summed E-state index contributed by atoms with van der Waals surface area (Å²) in [7, 11) is -4.38. The van der Waals surface area contributed by atoms with Gasteiger partial charge >= 0.3 is 6.18 Å². The third-order valence-electron chi connectivity index (χ3n) is 7.18. The number of fused-ring (bicyclic) bond motifs is 1. The molecule has 0 aliphatic carbocycles. The Morgan fingerprint density at radius 2 is 1.69 bits per heavy atom. The number of carbonyl (C=O) groups excluding carboxylic acids is 1. The van der Waals surface area contributed by atoms with Gasteiger partial charge in [-0.25, -0.2) is 8.42 Å². The highest BCUT2D eigenvalue weighted by molar-refractivity contribution is 7.92. The quantitative estimate of drug-likeness (QED) is 0.346. The highest BCUT2D eigenvalue weighted by atomic mass is 32.2. The summed E-state index contributed by atoms with van der Waals surface area (Å²) in [5.74, 6) is -0.00864. The third-order valence-corrected chi connectivity index (χ3v) is 8.97. The van der Waals surface area contributed by atoms with E-state index in [2.05, 4.69) is 5.32 Å². The number of aryl methyl sites for hydroxylation is 1. The number of amides is 1. The van der Waals surface area contributed by atoms with Gasteiger partial charge in [-0.3, -0.25) is 9.10 Å². The van der Waals surface area contributed by atoms with Gasteiger partial charge in [-0.05, 0) is 56.2 Å². The number of carbonyl (C=O) groups is 1. The number of alkyl halides is 3. The van der Waals surface area contributed by atoms with Gasteiger partial charge in [0.2, 0.25) is 5.91 Å². The molecule has 1 amide bonds. The summed E-state index contributed by atoms with van der Waals surface area (Å²) in [6.45, 7) is 5.08. The van der Waals surface area contributed by atoms with E-state index in [1.807, 2.05) is 38.1 Å². The molecule has 0 bridgehead atoms. The second-order valence-corrected chi connectivity index (χ2v) is 11.6. The number of anilines is 1. The number of nitrogens with one attached hydrogen (secondary N) is 1. The molecule has 0 saturated carbocycles. The SMILES string of the molecule is CCC1(CC)C[C@H](NC(=O)CN(c2cccc(C(F)(F)F)c2)S(=O)(=O)c2ccc(C)cc2)c2ccccc2O1. The molecule has 1 heterocycles. The van der Waals surface area contributed by atoms with Crippen LogP contribution in [0, 0.1) is 6.92 Å². The van der Waals surface area contributed by atoms with Crippen LogP contribution < -0.4 is 14.4 Å². The van der Waals surface area contributed by atoms with Crippen molar-refractivity contribution in [3.8, 4) is 5.75 Å². The van der Waals surface area contributed by atoms with E-state index in [0.717, 1.165) is 33.6 Å². The van der Waals surface area contributed by atoms with Gasteiger partial charge in [-0.15, -0.1) is 0 Å². The standard InChI is InChI=1S/C29H31F3N2O4S/c1-4-28(5-2)18-25(24-11-6-7-12-26(24)38-28)33-27(35)19-34(22-10-8-9-21(17-22)29(30,31)32)39(36,37)23-15-13-20(3)14-16-23/h6-17,25H,4-5,18-19H2,1-3H3,(H,33,35)/t25-/m0/s1. The van der Waals surface area contributed by atoms with Crippen molar-refractivity contribution in [1.29, 1.82) is 0 Å². The molecule has 0 radical (unpaired) electrons. The summed E-state index contributed by atoms with van der Waals surface area (Å²) < 4.78 is 74.8. The van der Waals surface area contributed by atoms with Crippen molar-refractivity contribution in [2.45, 2.75) is 62.7 Å². The van der Waals surface area contributed by atoms with Crippen LogP contribution >= 0.6 is 0 Å². The van der Waals surface area contributed by atoms with E-state index in [9.17, 15) is 26.4 Å². The minimum absolute atomic E-state index is 0.134. The van der Waals surface area contributed by atoms with Crippen LogP contribution in [0.5, 0.6) is 5.75 Å². The van der Waals surface area contributed by atoms with E-state index >= 15 is 0 Å². The van der Waals surface area contributed by atoms with Crippen LogP contribution in [0.2, 0.25) is 0 Å². The number of halogens is 3. The summed E-state index contributed by atoms with van der Waals surface area (Å²) in [6.07, 6.45) is -2.82. The van der Waals surface area contributed by atoms with Gasteiger partial charge in [0.05, 0.1) is 22.2 Å². The number of rotatable bonds is 8. The molecular formula is C29H31F3N2O4S. The third kappa shape index (κ3) is 6.06. The average Bonchev–Trinajstić information content (AvgIpc) is 2.91. The summed E-state index contributed by atoms with van der Waals surface area (Å²) >= 11 is 0. The lowest BCUT2D eigenvalue weighted by molar-refractivity contribution is -0.137. The zero-order valence-corrected chi connectivity index (χ0v) is 22.8. The van der Waals surface area contributed by atoms with E-state index in [1.165, 1.54) is 18.2 Å². The van der Waals surface area contributed by atoms with Crippen LogP contribution in [0.3, 0.4) is 0 Å². The minimum Gasteiger partial charge on any atom is -0.487 e. The first kappa shape index (κ1) is 28.5. The fourth-order valence-corrected chi connectivity index (χ4v) is 6.20. The fraction of sp³-hybridized carbons (Fsp3) is 0.345. The van der Waals surface area contributed by atoms with Crippen molar-refractivity contribution in [2.24, 2.45) is 0 Å². The second-order valence-electron chi connectivity index (χ2n) is 9.73. The zero-order chi connectivity index (χ0) is 28.4. The molecule has 0 spiro atoms. The van der Waals surface area contributed by atoms with Crippen LogP contribution in [-0.2, 0) is 21.0 Å². The molecular weight excluding hydrogens is 529 g/mol. The summed E-state index contributed by atoms with van der Waals surface area (Å²) in [4.78, 5) is 13.3. The van der Waals surface area contributed by atoms with Crippen LogP contribution in [0.4, 0.5) is 18.9 Å². The molecule has 3 aromatic carbocycles. The van der Waals surface area contributed by atoms with Crippen molar-refractivity contribution in [3.63, 3.8) is 0 Å². The molecule has 4 rings (SSSR count). The largest absolute Gasteiger partial charge is 0.487 e. The van der Waals surface area contributed by atoms with Crippen molar-refractivity contribution in [3.05, 3.63) is 89.5 Å². The molecule has 10 heteroatoms. The van der Waals surface area contributed by atoms with Crippen LogP contribution in [-0.4, -0.2) is 26.5 Å². The van der Waals surface area contributed by atoms with E-state index in [-0.39, 0.29) is 10.6 Å². The number of benzene rings is 3. The highest BCUT2D eigenvalue weighted by Gasteiger charge is 2.39. The predicted octanol–water partition coefficient (Wildman–Crippen LogP) is 6.41. The average molecular weight is 561 g/mol. The van der Waals surface area contributed by atoms with Gasteiger partial charge < -0.3 is 10.1 Å². The van der Waals surface area contributed by atoms with Gasteiger partial charge in [0.25, 0.3) is 10.0 Å². The maximum atomic E-state index is 13.7. The Kier molecular flexibility index (Phi) is 7.97. The topological polar surface area (TPSA) is 75.7 Å². The molecule has 0 fully saturated rings. The van der Waals surface area contributed by atoms with Crippen LogP contribution in [0.25, 0.3) is 0 Å². The lowest BCUT2D eigenvalue weighted by Crippen LogP contribution is -2.47. The number of sulfonamides is 1. The Hall–Kier alpha value is -3.53. The molecule has 6 nitrogen and oxygen atoms in total. The molecule has 39 heavy (non-hydrogen) atoms. The van der Waals surface area contributed by atoms with Gasteiger partial charge in [0.15, 0.2) is 0 Å². The first-order valence-corrected chi connectivity index (χ1v) is 14.2. The molecule has 1 N–H and O–H groups in total. The van der Waals surface area contributed by atoms with Crippen molar-refractivity contribution >= 4 is 21.6 Å². The van der Waals surface area contributed by atoms with Gasteiger partial charge in [-0.1, -0.05) is 55.8 Å². The molecule has 1 aliphatic rings. The lowest BCUT2D eigenvalue weighted by Gasteiger charge is -2.41. The smallest absolute Gasteiger partial charge is 0.416 e. The monoisotopic (exact) mass is 560 g/mol. The summed E-state index contributed by atoms with van der Waals surface area (Å²) in [5, 5.41) is 2.93. The second kappa shape index (κ2) is 10.9. The van der Waals surface area contributed by atoms with E-state index < -0.39 is 45.9 Å². The van der Waals surface area contributed by atoms with Gasteiger partial charge in [0.1, 0.15) is 17.9 Å². The van der Waals surface area contributed by atoms with Crippen molar-refractivity contribution in [1.82, 2.24) is 5.32 Å². The highest BCUT2D eigenvalue weighted by Crippen LogP contribution is 2.42. The maximum absolute atomic E-state index is 13.7. The first-order chi connectivity index (χ1) is 18.4. The Morgan fingerprint density at radius 3 is 2.33 bits per heavy atom. The van der Waals surface area contributed by atoms with E-state index in [0.29, 0.717) is 25.0 Å². The van der Waals surface area contributed by atoms with Crippen molar-refractivity contribution in [2.75, 3.05) is 10.8 Å². The Labute approximate surface area is 226 Å². The van der Waals surface area contributed by atoms with Crippen molar-refractivity contribution < 1.29 is 31.1 Å². The Bertz CT molecular complexity index is 1440. The molecule has 208 valence electrons. The number of para-hydroxylation sites is 1. The molecule has 3 aromatic rings. The zero-order valence-electron chi connectivity index (χ0n) is 22.0. The van der Waals surface area contributed by atoms with Gasteiger partial charge in [-0.2, -0.15) is 13.2 Å². The number of ether oxygens (including phenoxy) is 1. The van der Waals surface area contributed by atoms with Gasteiger partial charge in [0, 0.05) is 12.0 Å². The van der Waals surface area contributed by atoms with Crippen LogP contribution in [0.15, 0.2) is 77.7 Å². The predicted molar refractivity (Wildman–Crippen MR) is 143 cm³/mol. The number of nitrogens with zero attached hydrogens (tertiary/aromatic N) is 1. The first-order valence-electron chi connectivity index (χ1n) is 12.7. The summed E-state index contributed by atoms with van der Waals surface area (Å²) in [5.41, 5.74) is -0.217. The molecule has 0 unspecified atom stereocenters. The normalized spacial score (nSPS) is 16.6.